The molecule has 0 bridgehead atoms. The van der Waals surface area contributed by atoms with Gasteiger partial charge in [-0.2, -0.15) is 0 Å². The molecule has 0 fully saturated rings. The fourth-order valence-electron chi connectivity index (χ4n) is 2.10. The van der Waals surface area contributed by atoms with Crippen LogP contribution in [0.2, 0.25) is 0 Å². The molecule has 0 aliphatic heterocycles. The highest BCUT2D eigenvalue weighted by Crippen LogP contribution is 2.32. The quantitative estimate of drug-likeness (QED) is 0.768. The second-order valence-corrected chi connectivity index (χ2v) is 4.51. The van der Waals surface area contributed by atoms with Crippen molar-refractivity contribution in [2.24, 2.45) is 0 Å². The fourth-order valence-corrected chi connectivity index (χ4v) is 2.10. The maximum atomic E-state index is 5.24. The van der Waals surface area contributed by atoms with E-state index in [1.807, 2.05) is 6.07 Å². The summed E-state index contributed by atoms with van der Waals surface area (Å²) in [5.74, 6) is 0.959. The predicted octanol–water partition coefficient (Wildman–Crippen LogP) is 2.59. The van der Waals surface area contributed by atoms with Crippen molar-refractivity contribution in [3.63, 3.8) is 0 Å². The van der Waals surface area contributed by atoms with Gasteiger partial charge in [0.25, 0.3) is 0 Å². The van der Waals surface area contributed by atoms with Gasteiger partial charge in [0.05, 0.1) is 7.11 Å². The van der Waals surface area contributed by atoms with Crippen LogP contribution in [0.15, 0.2) is 24.3 Å². The van der Waals surface area contributed by atoms with Crippen LogP contribution in [0.25, 0.3) is 5.57 Å². The van der Waals surface area contributed by atoms with E-state index in [4.69, 9.17) is 4.74 Å². The van der Waals surface area contributed by atoms with Crippen LogP contribution in [0.3, 0.4) is 0 Å². The molecule has 0 saturated heterocycles. The van der Waals surface area contributed by atoms with Gasteiger partial charge in [-0.25, -0.2) is 0 Å². The lowest BCUT2D eigenvalue weighted by molar-refractivity contribution is 0.414. The summed E-state index contributed by atoms with van der Waals surface area (Å²) in [5, 5.41) is 0. The highest BCUT2D eigenvalue weighted by molar-refractivity contribution is 5.73. The molecule has 1 aliphatic rings. The Morgan fingerprint density at radius 3 is 2.81 bits per heavy atom. The minimum absolute atomic E-state index is 0.959. The number of nitrogens with zero attached hydrogens (tertiary/aromatic N) is 1. The largest absolute Gasteiger partial charge is 0.497 e. The maximum absolute atomic E-state index is 5.24. The molecule has 0 heterocycles. The van der Waals surface area contributed by atoms with Gasteiger partial charge in [-0.15, -0.1) is 0 Å². The summed E-state index contributed by atoms with van der Waals surface area (Å²) in [4.78, 5) is 2.22. The average Bonchev–Trinajstić information content (AvgIpc) is 2.68. The Kier molecular flexibility index (Phi) is 3.30. The minimum atomic E-state index is 0.959. The number of hydrogen-bond donors (Lipinski definition) is 0. The van der Waals surface area contributed by atoms with Crippen LogP contribution < -0.4 is 4.74 Å². The molecule has 1 aliphatic carbocycles. The highest BCUT2D eigenvalue weighted by atomic mass is 16.5. The first kappa shape index (κ1) is 11.2. The molecule has 0 N–H and O–H groups in total. The van der Waals surface area contributed by atoms with Crippen molar-refractivity contribution >= 4 is 5.57 Å². The Morgan fingerprint density at radius 1 is 1.31 bits per heavy atom. The van der Waals surface area contributed by atoms with Crippen LogP contribution in [0, 0.1) is 0 Å². The SMILES string of the molecule is COc1ccc2c(c1)CC=C2CCN(C)C. The molecule has 0 amide bonds. The zero-order valence-electron chi connectivity index (χ0n) is 10.3. The van der Waals surface area contributed by atoms with E-state index >= 15 is 0 Å². The van der Waals surface area contributed by atoms with Crippen molar-refractivity contribution in [1.82, 2.24) is 4.90 Å². The average molecular weight is 217 g/mol. The third-order valence-corrected chi connectivity index (χ3v) is 3.06. The monoisotopic (exact) mass is 217 g/mol. The number of methoxy groups -OCH3 is 1. The molecule has 2 rings (SSSR count). The van der Waals surface area contributed by atoms with Gasteiger partial charge in [0.15, 0.2) is 0 Å². The Hall–Kier alpha value is -1.28. The predicted molar refractivity (Wildman–Crippen MR) is 67.8 cm³/mol. The zero-order valence-corrected chi connectivity index (χ0v) is 10.3. The molecule has 0 saturated carbocycles. The minimum Gasteiger partial charge on any atom is -0.497 e. The first-order valence-electron chi connectivity index (χ1n) is 5.72. The van der Waals surface area contributed by atoms with Crippen molar-refractivity contribution in [3.05, 3.63) is 35.4 Å². The van der Waals surface area contributed by atoms with E-state index in [0.29, 0.717) is 0 Å². The number of benzene rings is 1. The molecule has 1 aromatic carbocycles. The Balaban J connectivity index is 2.12. The van der Waals surface area contributed by atoms with Gasteiger partial charge in [0.1, 0.15) is 5.75 Å². The van der Waals surface area contributed by atoms with Crippen LogP contribution in [-0.2, 0) is 6.42 Å². The lowest BCUT2D eigenvalue weighted by atomic mass is 10.0. The molecule has 0 aromatic heterocycles. The van der Waals surface area contributed by atoms with E-state index in [0.717, 1.165) is 25.1 Å². The van der Waals surface area contributed by atoms with Crippen LogP contribution in [0.4, 0.5) is 0 Å². The normalized spacial score (nSPS) is 13.9. The van der Waals surface area contributed by atoms with E-state index in [1.165, 1.54) is 16.7 Å². The lowest BCUT2D eigenvalue weighted by Crippen LogP contribution is -2.13. The van der Waals surface area contributed by atoms with Gasteiger partial charge in [-0.3, -0.25) is 0 Å². The van der Waals surface area contributed by atoms with Crippen molar-refractivity contribution in [3.8, 4) is 5.75 Å². The van der Waals surface area contributed by atoms with Crippen molar-refractivity contribution in [1.29, 1.82) is 0 Å². The molecule has 86 valence electrons. The highest BCUT2D eigenvalue weighted by Gasteiger charge is 2.14. The van der Waals surface area contributed by atoms with E-state index in [1.54, 1.807) is 7.11 Å². The van der Waals surface area contributed by atoms with Gasteiger partial charge in [-0.1, -0.05) is 12.1 Å². The maximum Gasteiger partial charge on any atom is 0.119 e. The second-order valence-electron chi connectivity index (χ2n) is 4.51. The van der Waals surface area contributed by atoms with Crippen molar-refractivity contribution in [2.45, 2.75) is 12.8 Å². The summed E-state index contributed by atoms with van der Waals surface area (Å²) in [6.45, 7) is 1.11. The van der Waals surface area contributed by atoms with Gasteiger partial charge in [0.2, 0.25) is 0 Å². The summed E-state index contributed by atoms with van der Waals surface area (Å²) in [6.07, 6.45) is 4.52. The van der Waals surface area contributed by atoms with Crippen LogP contribution in [0.5, 0.6) is 5.75 Å². The Labute approximate surface area is 97.5 Å². The third-order valence-electron chi connectivity index (χ3n) is 3.06. The molecule has 16 heavy (non-hydrogen) atoms. The zero-order chi connectivity index (χ0) is 11.5. The molecular formula is C14H19NO. The number of ether oxygens (including phenoxy) is 1. The smallest absolute Gasteiger partial charge is 0.119 e. The number of fused-ring (bicyclic) bond motifs is 1. The van der Waals surface area contributed by atoms with Crippen LogP contribution in [0.1, 0.15) is 17.5 Å². The number of rotatable bonds is 4. The Morgan fingerprint density at radius 2 is 2.12 bits per heavy atom. The molecule has 1 aromatic rings. The van der Waals surface area contributed by atoms with E-state index in [9.17, 15) is 0 Å². The molecule has 2 nitrogen and oxygen atoms in total. The first-order chi connectivity index (χ1) is 7.70. The van der Waals surface area contributed by atoms with Crippen LogP contribution in [-0.4, -0.2) is 32.6 Å². The number of hydrogen-bond acceptors (Lipinski definition) is 2. The van der Waals surface area contributed by atoms with E-state index in [2.05, 4.69) is 37.2 Å². The third kappa shape index (κ3) is 2.27. The van der Waals surface area contributed by atoms with Gasteiger partial charge >= 0.3 is 0 Å². The lowest BCUT2D eigenvalue weighted by Gasteiger charge is -2.11. The molecule has 0 radical (unpaired) electrons. The van der Waals surface area contributed by atoms with Crippen LogP contribution >= 0.6 is 0 Å². The standard InChI is InChI=1S/C14H19NO/c1-15(2)9-8-11-4-5-12-10-13(16-3)6-7-14(11)12/h4,6-7,10H,5,8-9H2,1-3H3. The first-order valence-corrected chi connectivity index (χ1v) is 5.72. The van der Waals surface area contributed by atoms with E-state index < -0.39 is 0 Å². The van der Waals surface area contributed by atoms with E-state index in [-0.39, 0.29) is 0 Å². The van der Waals surface area contributed by atoms with Crippen molar-refractivity contribution < 1.29 is 4.74 Å². The molecule has 2 heteroatoms. The summed E-state index contributed by atoms with van der Waals surface area (Å²) in [6, 6.07) is 6.38. The van der Waals surface area contributed by atoms with Crippen molar-refractivity contribution in [2.75, 3.05) is 27.7 Å². The summed E-state index contributed by atoms with van der Waals surface area (Å²) in [5.41, 5.74) is 4.28. The molecular weight excluding hydrogens is 198 g/mol. The topological polar surface area (TPSA) is 12.5 Å². The summed E-state index contributed by atoms with van der Waals surface area (Å²) < 4.78 is 5.24. The second kappa shape index (κ2) is 4.71. The molecule has 0 atom stereocenters. The van der Waals surface area contributed by atoms with Gasteiger partial charge in [-0.05, 0) is 55.8 Å². The van der Waals surface area contributed by atoms with Gasteiger partial charge in [0, 0.05) is 6.54 Å². The summed E-state index contributed by atoms with van der Waals surface area (Å²) in [7, 11) is 5.95. The molecule has 0 unspecified atom stereocenters. The summed E-state index contributed by atoms with van der Waals surface area (Å²) >= 11 is 0. The number of allylic oxidation sites excluding steroid dienone is 1. The molecule has 0 spiro atoms. The fraction of sp³-hybridized carbons (Fsp3) is 0.429. The van der Waals surface area contributed by atoms with Gasteiger partial charge < -0.3 is 9.64 Å². The Bertz CT molecular complexity index is 407.